The van der Waals surface area contributed by atoms with Crippen molar-refractivity contribution in [2.24, 2.45) is 0 Å². The van der Waals surface area contributed by atoms with Crippen molar-refractivity contribution in [2.45, 2.75) is 26.4 Å². The van der Waals surface area contributed by atoms with E-state index in [2.05, 4.69) is 25.6 Å². The summed E-state index contributed by atoms with van der Waals surface area (Å²) in [6.45, 7) is 2.25. The molecule has 0 saturated heterocycles. The predicted octanol–water partition coefficient (Wildman–Crippen LogP) is 2.03. The van der Waals surface area contributed by atoms with Gasteiger partial charge >= 0.3 is 6.03 Å². The fourth-order valence-corrected chi connectivity index (χ4v) is 2.25. The number of carbonyl (C=O) groups excluding carboxylic acids is 1. The van der Waals surface area contributed by atoms with E-state index in [0.29, 0.717) is 29.9 Å². The van der Waals surface area contributed by atoms with E-state index < -0.39 is 0 Å². The second kappa shape index (κ2) is 8.30. The van der Waals surface area contributed by atoms with Gasteiger partial charge in [0, 0.05) is 19.0 Å². The molecule has 27 heavy (non-hydrogen) atoms. The molecule has 1 N–H and O–H groups in total. The molecule has 0 aliphatic carbocycles. The quantitative estimate of drug-likeness (QED) is 0.669. The number of nitrogens with one attached hydrogen (secondary N) is 1. The SMILES string of the molecule is CCc1nc(CNC(=O)N(C)Cc2nc(-c3ccc(OC)cc3)no2)no1. The molecular formula is C17H20N6O4. The lowest BCUT2D eigenvalue weighted by molar-refractivity contribution is 0.198. The highest BCUT2D eigenvalue weighted by Crippen LogP contribution is 2.19. The van der Waals surface area contributed by atoms with Crippen LogP contribution in [0.5, 0.6) is 5.75 Å². The summed E-state index contributed by atoms with van der Waals surface area (Å²) >= 11 is 0. The number of aromatic nitrogens is 4. The number of benzene rings is 1. The largest absolute Gasteiger partial charge is 0.497 e. The van der Waals surface area contributed by atoms with Gasteiger partial charge in [-0.3, -0.25) is 0 Å². The van der Waals surface area contributed by atoms with Gasteiger partial charge in [0.15, 0.2) is 5.82 Å². The monoisotopic (exact) mass is 372 g/mol. The molecule has 0 spiro atoms. The Morgan fingerprint density at radius 2 is 1.89 bits per heavy atom. The predicted molar refractivity (Wildman–Crippen MR) is 93.7 cm³/mol. The Morgan fingerprint density at radius 1 is 1.15 bits per heavy atom. The van der Waals surface area contributed by atoms with Gasteiger partial charge in [0.2, 0.25) is 17.6 Å². The van der Waals surface area contributed by atoms with E-state index in [1.54, 1.807) is 14.2 Å². The van der Waals surface area contributed by atoms with Crippen LogP contribution < -0.4 is 10.1 Å². The van der Waals surface area contributed by atoms with Crippen LogP contribution in [0.25, 0.3) is 11.4 Å². The molecule has 2 amide bonds. The lowest BCUT2D eigenvalue weighted by Gasteiger charge is -2.14. The summed E-state index contributed by atoms with van der Waals surface area (Å²) in [4.78, 5) is 22.0. The molecule has 0 saturated carbocycles. The number of ether oxygens (including phenoxy) is 1. The summed E-state index contributed by atoms with van der Waals surface area (Å²) in [6, 6.07) is 6.97. The first-order chi connectivity index (χ1) is 13.1. The standard InChI is InChI=1S/C17H20N6O4/c1-4-14-19-13(21-26-14)9-18-17(24)23(2)10-15-20-16(22-27-15)11-5-7-12(25-3)8-6-11/h5-8H,4,9-10H2,1-3H3,(H,18,24). The molecule has 10 heteroatoms. The number of rotatable bonds is 7. The summed E-state index contributed by atoms with van der Waals surface area (Å²) in [7, 11) is 3.23. The second-order valence-corrected chi connectivity index (χ2v) is 5.71. The number of methoxy groups -OCH3 is 1. The topological polar surface area (TPSA) is 119 Å². The summed E-state index contributed by atoms with van der Waals surface area (Å²) in [5.74, 6) is 2.47. The maximum Gasteiger partial charge on any atom is 0.317 e. The summed E-state index contributed by atoms with van der Waals surface area (Å²) < 4.78 is 15.3. The van der Waals surface area contributed by atoms with E-state index in [9.17, 15) is 4.79 Å². The summed E-state index contributed by atoms with van der Waals surface area (Å²) in [6.07, 6.45) is 0.647. The van der Waals surface area contributed by atoms with Crippen molar-refractivity contribution in [3.8, 4) is 17.1 Å². The Hall–Kier alpha value is -3.43. The van der Waals surface area contributed by atoms with Crippen molar-refractivity contribution >= 4 is 6.03 Å². The van der Waals surface area contributed by atoms with Crippen LogP contribution in [0.4, 0.5) is 4.79 Å². The van der Waals surface area contributed by atoms with Crippen molar-refractivity contribution in [3.05, 3.63) is 41.9 Å². The van der Waals surface area contributed by atoms with Gasteiger partial charge < -0.3 is 24.0 Å². The van der Waals surface area contributed by atoms with Crippen LogP contribution in [0, 0.1) is 0 Å². The molecule has 10 nitrogen and oxygen atoms in total. The van der Waals surface area contributed by atoms with Crippen LogP contribution in [-0.2, 0) is 19.5 Å². The van der Waals surface area contributed by atoms with Crippen molar-refractivity contribution in [1.82, 2.24) is 30.5 Å². The van der Waals surface area contributed by atoms with Gasteiger partial charge in [-0.15, -0.1) is 0 Å². The van der Waals surface area contributed by atoms with Gasteiger partial charge in [-0.2, -0.15) is 9.97 Å². The van der Waals surface area contributed by atoms with Gasteiger partial charge in [0.05, 0.1) is 13.7 Å². The molecule has 0 aliphatic heterocycles. The van der Waals surface area contributed by atoms with Crippen LogP contribution in [0.3, 0.4) is 0 Å². The molecule has 0 unspecified atom stereocenters. The van der Waals surface area contributed by atoms with Gasteiger partial charge in [-0.05, 0) is 24.3 Å². The van der Waals surface area contributed by atoms with Gasteiger partial charge in [-0.25, -0.2) is 4.79 Å². The summed E-state index contributed by atoms with van der Waals surface area (Å²) in [5, 5.41) is 10.4. The third kappa shape index (κ3) is 4.60. The van der Waals surface area contributed by atoms with Crippen molar-refractivity contribution in [3.63, 3.8) is 0 Å². The van der Waals surface area contributed by atoms with Crippen LogP contribution in [-0.4, -0.2) is 45.4 Å². The first-order valence-corrected chi connectivity index (χ1v) is 8.36. The third-order valence-electron chi connectivity index (χ3n) is 3.75. The molecule has 0 atom stereocenters. The lowest BCUT2D eigenvalue weighted by Crippen LogP contribution is -2.36. The molecule has 2 heterocycles. The Bertz CT molecular complexity index is 889. The van der Waals surface area contributed by atoms with Crippen LogP contribution in [0.15, 0.2) is 33.3 Å². The highest BCUT2D eigenvalue weighted by molar-refractivity contribution is 5.73. The third-order valence-corrected chi connectivity index (χ3v) is 3.75. The van der Waals surface area contributed by atoms with E-state index in [0.717, 1.165) is 11.3 Å². The Morgan fingerprint density at radius 3 is 2.56 bits per heavy atom. The molecule has 3 rings (SSSR count). The fraction of sp³-hybridized carbons (Fsp3) is 0.353. The zero-order valence-electron chi connectivity index (χ0n) is 15.3. The molecule has 0 bridgehead atoms. The Labute approximate surface area is 155 Å². The zero-order chi connectivity index (χ0) is 19.2. The maximum absolute atomic E-state index is 12.2. The number of amides is 2. The number of nitrogens with zero attached hydrogens (tertiary/aromatic N) is 5. The van der Waals surface area contributed by atoms with Gasteiger partial charge in [-0.1, -0.05) is 17.2 Å². The maximum atomic E-state index is 12.2. The highest BCUT2D eigenvalue weighted by atomic mass is 16.5. The van der Waals surface area contributed by atoms with Crippen molar-refractivity contribution in [2.75, 3.05) is 14.2 Å². The number of urea groups is 1. The molecule has 0 radical (unpaired) electrons. The normalized spacial score (nSPS) is 10.6. The van der Waals surface area contributed by atoms with E-state index in [1.807, 2.05) is 31.2 Å². The first-order valence-electron chi connectivity index (χ1n) is 8.36. The average Bonchev–Trinajstić information content (AvgIpc) is 3.35. The Kier molecular flexibility index (Phi) is 5.64. The molecule has 0 aliphatic rings. The van der Waals surface area contributed by atoms with Crippen molar-refractivity contribution in [1.29, 1.82) is 0 Å². The molecule has 142 valence electrons. The second-order valence-electron chi connectivity index (χ2n) is 5.71. The van der Waals surface area contributed by atoms with Gasteiger partial charge in [0.25, 0.3) is 0 Å². The minimum atomic E-state index is -0.318. The molecule has 0 fully saturated rings. The number of hydrogen-bond donors (Lipinski definition) is 1. The minimum Gasteiger partial charge on any atom is -0.497 e. The van der Waals surface area contributed by atoms with Crippen LogP contribution in [0.1, 0.15) is 24.5 Å². The molecule has 1 aromatic carbocycles. The van der Waals surface area contributed by atoms with E-state index in [1.165, 1.54) is 4.90 Å². The first kappa shape index (κ1) is 18.4. The highest BCUT2D eigenvalue weighted by Gasteiger charge is 2.15. The average molecular weight is 372 g/mol. The molecular weight excluding hydrogens is 352 g/mol. The van der Waals surface area contributed by atoms with Crippen LogP contribution >= 0.6 is 0 Å². The smallest absolute Gasteiger partial charge is 0.317 e. The van der Waals surface area contributed by atoms with E-state index >= 15 is 0 Å². The van der Waals surface area contributed by atoms with Crippen LogP contribution in [0.2, 0.25) is 0 Å². The summed E-state index contributed by atoms with van der Waals surface area (Å²) in [5.41, 5.74) is 0.793. The number of carbonyl (C=O) groups is 1. The molecule has 2 aromatic heterocycles. The van der Waals surface area contributed by atoms with Gasteiger partial charge in [0.1, 0.15) is 12.3 Å². The minimum absolute atomic E-state index is 0.168. The Balaban J connectivity index is 1.54. The van der Waals surface area contributed by atoms with E-state index in [4.69, 9.17) is 13.8 Å². The zero-order valence-corrected chi connectivity index (χ0v) is 15.3. The molecule has 3 aromatic rings. The number of hydrogen-bond acceptors (Lipinski definition) is 8. The van der Waals surface area contributed by atoms with E-state index in [-0.39, 0.29) is 19.1 Å². The van der Waals surface area contributed by atoms with Crippen molar-refractivity contribution < 1.29 is 18.6 Å². The number of aryl methyl sites for hydroxylation is 1. The lowest BCUT2D eigenvalue weighted by atomic mass is 10.2. The fourth-order valence-electron chi connectivity index (χ4n) is 2.25.